The first kappa shape index (κ1) is 19.1. The highest BCUT2D eigenvalue weighted by Gasteiger charge is 2.14. The van der Waals surface area contributed by atoms with Gasteiger partial charge in [0.15, 0.2) is 6.61 Å². The molecule has 5 nitrogen and oxygen atoms in total. The zero-order chi connectivity index (χ0) is 18.2. The van der Waals surface area contributed by atoms with Crippen LogP contribution in [0.5, 0.6) is 5.75 Å². The number of hydrogen-bond donors (Lipinski definition) is 1. The molecule has 2 rings (SSSR count). The number of anilines is 1. The molecule has 2 aromatic rings. The number of esters is 1. The Morgan fingerprint density at radius 2 is 1.88 bits per heavy atom. The molecule has 0 radical (unpaired) electrons. The van der Waals surface area contributed by atoms with E-state index in [4.69, 9.17) is 21.1 Å². The van der Waals surface area contributed by atoms with Crippen molar-refractivity contribution in [3.05, 3.63) is 53.1 Å². The summed E-state index contributed by atoms with van der Waals surface area (Å²) < 4.78 is 10.4. The first-order valence-electron chi connectivity index (χ1n) is 7.57. The number of nitrogens with one attached hydrogen (secondary N) is 1. The third kappa shape index (κ3) is 5.69. The molecule has 2 aromatic carbocycles. The molecule has 0 atom stereocenters. The van der Waals surface area contributed by atoms with E-state index in [0.29, 0.717) is 12.3 Å². The van der Waals surface area contributed by atoms with Crippen molar-refractivity contribution in [3.63, 3.8) is 0 Å². The van der Waals surface area contributed by atoms with E-state index in [-0.39, 0.29) is 10.6 Å². The number of benzene rings is 2. The van der Waals surface area contributed by atoms with Crippen molar-refractivity contribution in [2.24, 2.45) is 0 Å². The van der Waals surface area contributed by atoms with Gasteiger partial charge in [0.25, 0.3) is 5.91 Å². The Labute approximate surface area is 155 Å². The Hall–Kier alpha value is -2.18. The molecule has 0 aliphatic rings. The van der Waals surface area contributed by atoms with Crippen LogP contribution in [0, 0.1) is 0 Å². The van der Waals surface area contributed by atoms with Crippen LogP contribution in [0.3, 0.4) is 0 Å². The maximum absolute atomic E-state index is 12.1. The van der Waals surface area contributed by atoms with Crippen molar-refractivity contribution in [1.82, 2.24) is 0 Å². The van der Waals surface area contributed by atoms with Gasteiger partial charge in [0.1, 0.15) is 5.75 Å². The van der Waals surface area contributed by atoms with Gasteiger partial charge in [0.2, 0.25) is 0 Å². The van der Waals surface area contributed by atoms with Crippen molar-refractivity contribution in [3.8, 4) is 5.75 Å². The SMILES string of the molecule is CCOc1ccc(NC(=O)COC(=O)c2cc(SC)ccc2Cl)cc1. The van der Waals surface area contributed by atoms with Crippen LogP contribution in [-0.2, 0) is 9.53 Å². The van der Waals surface area contributed by atoms with Crippen LogP contribution < -0.4 is 10.1 Å². The van der Waals surface area contributed by atoms with Crippen LogP contribution in [0.4, 0.5) is 5.69 Å². The summed E-state index contributed by atoms with van der Waals surface area (Å²) in [6, 6.07) is 12.0. The predicted molar refractivity (Wildman–Crippen MR) is 99.8 cm³/mol. The van der Waals surface area contributed by atoms with E-state index >= 15 is 0 Å². The molecule has 0 aliphatic heterocycles. The number of amides is 1. The monoisotopic (exact) mass is 379 g/mol. The number of halogens is 1. The highest BCUT2D eigenvalue weighted by atomic mass is 35.5. The number of carbonyl (C=O) groups excluding carboxylic acids is 2. The maximum atomic E-state index is 12.1. The number of ether oxygens (including phenoxy) is 2. The molecule has 1 N–H and O–H groups in total. The summed E-state index contributed by atoms with van der Waals surface area (Å²) >= 11 is 7.49. The van der Waals surface area contributed by atoms with Gasteiger partial charge in [0.05, 0.1) is 17.2 Å². The largest absolute Gasteiger partial charge is 0.494 e. The van der Waals surface area contributed by atoms with Gasteiger partial charge in [-0.3, -0.25) is 4.79 Å². The van der Waals surface area contributed by atoms with Gasteiger partial charge in [-0.2, -0.15) is 0 Å². The first-order valence-corrected chi connectivity index (χ1v) is 9.17. The second-order valence-corrected chi connectivity index (χ2v) is 6.21. The Morgan fingerprint density at radius 1 is 1.16 bits per heavy atom. The number of rotatable bonds is 7. The van der Waals surface area contributed by atoms with E-state index in [1.54, 1.807) is 36.4 Å². The lowest BCUT2D eigenvalue weighted by atomic mass is 10.2. The Bertz CT molecular complexity index is 749. The van der Waals surface area contributed by atoms with Crippen molar-refractivity contribution in [2.45, 2.75) is 11.8 Å². The van der Waals surface area contributed by atoms with Crippen LogP contribution in [0.2, 0.25) is 5.02 Å². The van der Waals surface area contributed by atoms with E-state index < -0.39 is 18.5 Å². The van der Waals surface area contributed by atoms with Gasteiger partial charge in [-0.25, -0.2) is 4.79 Å². The van der Waals surface area contributed by atoms with E-state index in [1.165, 1.54) is 11.8 Å². The Balaban J connectivity index is 1.90. The smallest absolute Gasteiger partial charge is 0.340 e. The van der Waals surface area contributed by atoms with Crippen molar-refractivity contribution in [1.29, 1.82) is 0 Å². The predicted octanol–water partition coefficient (Wildman–Crippen LogP) is 4.26. The number of hydrogen-bond acceptors (Lipinski definition) is 5. The van der Waals surface area contributed by atoms with Crippen LogP contribution in [0.1, 0.15) is 17.3 Å². The molecule has 0 fully saturated rings. The average Bonchev–Trinajstić information content (AvgIpc) is 2.62. The minimum Gasteiger partial charge on any atom is -0.494 e. The molecule has 132 valence electrons. The fourth-order valence-electron chi connectivity index (χ4n) is 1.99. The molecule has 0 unspecified atom stereocenters. The lowest BCUT2D eigenvalue weighted by Crippen LogP contribution is -2.21. The molecule has 0 aliphatic carbocycles. The van der Waals surface area contributed by atoms with Crippen LogP contribution in [0.15, 0.2) is 47.4 Å². The van der Waals surface area contributed by atoms with E-state index in [1.807, 2.05) is 19.2 Å². The van der Waals surface area contributed by atoms with E-state index in [2.05, 4.69) is 5.32 Å². The highest BCUT2D eigenvalue weighted by molar-refractivity contribution is 7.98. The minimum atomic E-state index is -0.636. The molecule has 0 bridgehead atoms. The van der Waals surface area contributed by atoms with Gasteiger partial charge in [-0.05, 0) is 55.6 Å². The molecular formula is C18H18ClNO4S. The highest BCUT2D eigenvalue weighted by Crippen LogP contribution is 2.23. The standard InChI is InChI=1S/C18H18ClNO4S/c1-3-23-13-6-4-12(5-7-13)20-17(21)11-24-18(22)15-10-14(25-2)8-9-16(15)19/h4-10H,3,11H2,1-2H3,(H,20,21). The quantitative estimate of drug-likeness (QED) is 0.575. The first-order chi connectivity index (χ1) is 12.0. The summed E-state index contributed by atoms with van der Waals surface area (Å²) in [5.41, 5.74) is 0.828. The van der Waals surface area contributed by atoms with Crippen molar-refractivity contribution in [2.75, 3.05) is 24.8 Å². The van der Waals surface area contributed by atoms with Crippen molar-refractivity contribution < 1.29 is 19.1 Å². The third-order valence-electron chi connectivity index (χ3n) is 3.18. The lowest BCUT2D eigenvalue weighted by Gasteiger charge is -2.09. The molecule has 0 aromatic heterocycles. The molecule has 0 saturated heterocycles. The summed E-state index contributed by atoms with van der Waals surface area (Å²) in [5.74, 6) is -0.354. The fourth-order valence-corrected chi connectivity index (χ4v) is 2.63. The fraction of sp³-hybridized carbons (Fsp3) is 0.222. The molecule has 7 heteroatoms. The zero-order valence-electron chi connectivity index (χ0n) is 13.9. The topological polar surface area (TPSA) is 64.6 Å². The zero-order valence-corrected chi connectivity index (χ0v) is 15.4. The molecule has 25 heavy (non-hydrogen) atoms. The van der Waals surface area contributed by atoms with Crippen LogP contribution in [0.25, 0.3) is 0 Å². The molecule has 0 heterocycles. The summed E-state index contributed by atoms with van der Waals surface area (Å²) in [6.45, 7) is 2.07. The molecule has 1 amide bonds. The number of thioether (sulfide) groups is 1. The second kappa shape index (κ2) is 9.34. The minimum absolute atomic E-state index is 0.238. The molecular weight excluding hydrogens is 362 g/mol. The molecule has 0 spiro atoms. The summed E-state index contributed by atoms with van der Waals surface area (Å²) in [4.78, 5) is 24.9. The second-order valence-electron chi connectivity index (χ2n) is 4.93. The van der Waals surface area contributed by atoms with Crippen LogP contribution >= 0.6 is 23.4 Å². The third-order valence-corrected chi connectivity index (χ3v) is 4.23. The van der Waals surface area contributed by atoms with Gasteiger partial charge in [-0.1, -0.05) is 11.6 Å². The summed E-state index contributed by atoms with van der Waals surface area (Å²) in [7, 11) is 0. The summed E-state index contributed by atoms with van der Waals surface area (Å²) in [6.07, 6.45) is 1.89. The van der Waals surface area contributed by atoms with Gasteiger partial charge in [0, 0.05) is 10.6 Å². The average molecular weight is 380 g/mol. The van der Waals surface area contributed by atoms with Gasteiger partial charge in [-0.15, -0.1) is 11.8 Å². The number of carbonyl (C=O) groups is 2. The van der Waals surface area contributed by atoms with Crippen molar-refractivity contribution >= 4 is 40.9 Å². The summed E-state index contributed by atoms with van der Waals surface area (Å²) in [5, 5.41) is 2.93. The Morgan fingerprint density at radius 3 is 2.52 bits per heavy atom. The lowest BCUT2D eigenvalue weighted by molar-refractivity contribution is -0.119. The maximum Gasteiger partial charge on any atom is 0.340 e. The van der Waals surface area contributed by atoms with E-state index in [9.17, 15) is 9.59 Å². The normalized spacial score (nSPS) is 10.2. The van der Waals surface area contributed by atoms with Gasteiger partial charge >= 0.3 is 5.97 Å². The van der Waals surface area contributed by atoms with E-state index in [0.717, 1.165) is 10.6 Å². The molecule has 0 saturated carbocycles. The Kier molecular flexibility index (Phi) is 7.16. The van der Waals surface area contributed by atoms with Gasteiger partial charge < -0.3 is 14.8 Å². The van der Waals surface area contributed by atoms with Crippen LogP contribution in [-0.4, -0.2) is 31.3 Å².